The summed E-state index contributed by atoms with van der Waals surface area (Å²) in [7, 11) is -3.41. The maximum absolute atomic E-state index is 13.0. The number of hydrogen-bond donors (Lipinski definition) is 1. The van der Waals surface area contributed by atoms with E-state index in [9.17, 15) is 8.42 Å². The molecule has 2 heterocycles. The van der Waals surface area contributed by atoms with E-state index in [2.05, 4.69) is 11.9 Å². The molecule has 0 radical (unpaired) electrons. The molecular formula is C17H23N3O2S. The number of fused-ring (bicyclic) bond motifs is 1. The van der Waals surface area contributed by atoms with Gasteiger partial charge in [0, 0.05) is 30.7 Å². The normalized spacial score (nSPS) is 23.2. The van der Waals surface area contributed by atoms with Crippen LogP contribution in [0.4, 0.5) is 0 Å². The van der Waals surface area contributed by atoms with E-state index in [0.29, 0.717) is 19.0 Å². The number of piperidine rings is 1. The number of rotatable bonds is 4. The van der Waals surface area contributed by atoms with Gasteiger partial charge in [-0.25, -0.2) is 8.42 Å². The van der Waals surface area contributed by atoms with Gasteiger partial charge in [0.05, 0.1) is 11.3 Å². The van der Waals surface area contributed by atoms with Crippen molar-refractivity contribution in [2.24, 2.45) is 11.7 Å². The van der Waals surface area contributed by atoms with Crippen molar-refractivity contribution in [1.82, 2.24) is 9.29 Å². The number of benzene rings is 1. The second kappa shape index (κ2) is 6.55. The Labute approximate surface area is 137 Å². The largest absolute Gasteiger partial charge is 0.329 e. The minimum Gasteiger partial charge on any atom is -0.329 e. The summed E-state index contributed by atoms with van der Waals surface area (Å²) in [5.41, 5.74) is 7.35. The van der Waals surface area contributed by atoms with Gasteiger partial charge in [0.25, 0.3) is 0 Å². The molecule has 1 aromatic carbocycles. The molecule has 2 aromatic rings. The molecule has 23 heavy (non-hydrogen) atoms. The second-order valence-electron chi connectivity index (χ2n) is 6.28. The molecule has 2 N–H and O–H groups in total. The van der Waals surface area contributed by atoms with Crippen LogP contribution >= 0.6 is 0 Å². The number of sulfonamides is 1. The Kier molecular flexibility index (Phi) is 4.66. The van der Waals surface area contributed by atoms with Gasteiger partial charge in [-0.2, -0.15) is 4.31 Å². The third-order valence-electron chi connectivity index (χ3n) is 4.72. The van der Waals surface area contributed by atoms with E-state index in [1.807, 2.05) is 30.3 Å². The van der Waals surface area contributed by atoms with Crippen LogP contribution in [0.5, 0.6) is 0 Å². The molecule has 0 amide bonds. The fourth-order valence-corrected chi connectivity index (χ4v) is 5.38. The van der Waals surface area contributed by atoms with Crippen LogP contribution in [-0.2, 0) is 15.8 Å². The van der Waals surface area contributed by atoms with Crippen molar-refractivity contribution in [1.29, 1.82) is 0 Å². The Hall–Kier alpha value is -1.50. The molecule has 124 valence electrons. The van der Waals surface area contributed by atoms with Crippen molar-refractivity contribution in [3.8, 4) is 0 Å². The molecule has 0 spiro atoms. The first-order chi connectivity index (χ1) is 11.0. The van der Waals surface area contributed by atoms with Gasteiger partial charge in [-0.05, 0) is 30.4 Å². The van der Waals surface area contributed by atoms with Crippen LogP contribution in [0.3, 0.4) is 0 Å². The van der Waals surface area contributed by atoms with E-state index in [1.165, 1.54) is 0 Å². The number of aromatic nitrogens is 1. The van der Waals surface area contributed by atoms with Crippen LogP contribution in [0, 0.1) is 5.92 Å². The third-order valence-corrected chi connectivity index (χ3v) is 6.56. The zero-order chi connectivity index (χ0) is 16.4. The zero-order valence-electron chi connectivity index (χ0n) is 13.4. The first-order valence-electron chi connectivity index (χ1n) is 8.05. The van der Waals surface area contributed by atoms with Gasteiger partial charge >= 0.3 is 0 Å². The number of para-hydroxylation sites is 1. The summed E-state index contributed by atoms with van der Waals surface area (Å²) >= 11 is 0. The maximum atomic E-state index is 13.0. The van der Waals surface area contributed by atoms with Gasteiger partial charge in [-0.15, -0.1) is 0 Å². The summed E-state index contributed by atoms with van der Waals surface area (Å²) in [6.07, 6.45) is 3.62. The fraction of sp³-hybridized carbons (Fsp3) is 0.471. The Morgan fingerprint density at radius 3 is 2.87 bits per heavy atom. The summed E-state index contributed by atoms with van der Waals surface area (Å²) in [5.74, 6) is 0.277. The number of nitrogens with zero attached hydrogens (tertiary/aromatic N) is 2. The topological polar surface area (TPSA) is 76.3 Å². The van der Waals surface area contributed by atoms with E-state index < -0.39 is 10.0 Å². The summed E-state index contributed by atoms with van der Waals surface area (Å²) in [5, 5.41) is 0.961. The van der Waals surface area contributed by atoms with E-state index in [4.69, 9.17) is 5.73 Å². The highest BCUT2D eigenvalue weighted by Gasteiger charge is 2.35. The molecule has 1 saturated heterocycles. The smallest absolute Gasteiger partial charge is 0.218 e. The first-order valence-corrected chi connectivity index (χ1v) is 9.66. The lowest BCUT2D eigenvalue weighted by Gasteiger charge is -2.38. The van der Waals surface area contributed by atoms with Crippen molar-refractivity contribution in [3.63, 3.8) is 0 Å². The monoisotopic (exact) mass is 333 g/mol. The minimum atomic E-state index is -3.41. The van der Waals surface area contributed by atoms with Crippen LogP contribution < -0.4 is 5.73 Å². The molecule has 6 heteroatoms. The number of nitrogens with two attached hydrogens (primary N) is 1. The van der Waals surface area contributed by atoms with E-state index in [0.717, 1.165) is 29.3 Å². The molecule has 0 saturated carbocycles. The van der Waals surface area contributed by atoms with Crippen molar-refractivity contribution < 1.29 is 8.42 Å². The SMILES string of the molecule is C[C@@H]1CCCN(S(=O)(=O)Cc2cccc3cccnc23)[C@H]1CN. The Balaban J connectivity index is 1.94. The second-order valence-corrected chi connectivity index (χ2v) is 8.20. The van der Waals surface area contributed by atoms with Crippen LogP contribution in [0.15, 0.2) is 36.5 Å². The first kappa shape index (κ1) is 16.4. The highest BCUT2D eigenvalue weighted by atomic mass is 32.2. The quantitative estimate of drug-likeness (QED) is 0.930. The molecule has 1 fully saturated rings. The van der Waals surface area contributed by atoms with E-state index in [-0.39, 0.29) is 11.8 Å². The molecular weight excluding hydrogens is 310 g/mol. The molecule has 1 aliphatic heterocycles. The van der Waals surface area contributed by atoms with Crippen LogP contribution in [0.25, 0.3) is 10.9 Å². The van der Waals surface area contributed by atoms with Crippen LogP contribution in [-0.4, -0.2) is 36.8 Å². The molecule has 3 rings (SSSR count). The Bertz CT molecular complexity index is 786. The van der Waals surface area contributed by atoms with Gasteiger partial charge in [0.2, 0.25) is 10.0 Å². The van der Waals surface area contributed by atoms with Gasteiger partial charge in [-0.3, -0.25) is 4.98 Å². The highest BCUT2D eigenvalue weighted by Crippen LogP contribution is 2.28. The predicted octanol–water partition coefficient (Wildman–Crippen LogP) is 2.12. The van der Waals surface area contributed by atoms with Crippen molar-refractivity contribution in [2.45, 2.75) is 31.6 Å². The van der Waals surface area contributed by atoms with E-state index >= 15 is 0 Å². The average Bonchev–Trinajstić information content (AvgIpc) is 2.54. The number of hydrogen-bond acceptors (Lipinski definition) is 4. The fourth-order valence-electron chi connectivity index (χ4n) is 3.47. The van der Waals surface area contributed by atoms with Crippen molar-refractivity contribution in [3.05, 3.63) is 42.1 Å². The summed E-state index contributed by atoms with van der Waals surface area (Å²) in [6.45, 7) is 3.01. The van der Waals surface area contributed by atoms with E-state index in [1.54, 1.807) is 10.5 Å². The standard InChI is InChI=1S/C17H23N3O2S/c1-13-5-4-10-20(16(13)11-18)23(21,22)12-15-7-2-6-14-8-3-9-19-17(14)15/h2-3,6-9,13,16H,4-5,10-12,18H2,1H3/t13-,16+/m1/s1. The molecule has 1 aromatic heterocycles. The minimum absolute atomic E-state index is 0.0232. The Morgan fingerprint density at radius 1 is 1.30 bits per heavy atom. The molecule has 5 nitrogen and oxygen atoms in total. The summed E-state index contributed by atoms with van der Waals surface area (Å²) in [6, 6.07) is 9.38. The van der Waals surface area contributed by atoms with Crippen molar-refractivity contribution >= 4 is 20.9 Å². The molecule has 1 aliphatic rings. The van der Waals surface area contributed by atoms with Gasteiger partial charge in [-0.1, -0.05) is 31.2 Å². The van der Waals surface area contributed by atoms with Gasteiger partial charge in [0.1, 0.15) is 0 Å². The molecule has 0 aliphatic carbocycles. The summed E-state index contributed by atoms with van der Waals surface area (Å²) in [4.78, 5) is 4.36. The number of pyridine rings is 1. The van der Waals surface area contributed by atoms with Gasteiger partial charge in [0.15, 0.2) is 0 Å². The van der Waals surface area contributed by atoms with Crippen LogP contribution in [0.2, 0.25) is 0 Å². The predicted molar refractivity (Wildman–Crippen MR) is 92.3 cm³/mol. The molecule has 0 bridgehead atoms. The van der Waals surface area contributed by atoms with Crippen LogP contribution in [0.1, 0.15) is 25.3 Å². The van der Waals surface area contributed by atoms with Gasteiger partial charge < -0.3 is 5.73 Å². The highest BCUT2D eigenvalue weighted by molar-refractivity contribution is 7.88. The summed E-state index contributed by atoms with van der Waals surface area (Å²) < 4.78 is 27.5. The maximum Gasteiger partial charge on any atom is 0.218 e. The zero-order valence-corrected chi connectivity index (χ0v) is 14.2. The lowest BCUT2D eigenvalue weighted by Crippen LogP contribution is -2.51. The lowest BCUT2D eigenvalue weighted by molar-refractivity contribution is 0.192. The third kappa shape index (κ3) is 3.24. The Morgan fingerprint density at radius 2 is 2.09 bits per heavy atom. The molecule has 2 atom stereocenters. The van der Waals surface area contributed by atoms with Crippen molar-refractivity contribution in [2.75, 3.05) is 13.1 Å². The average molecular weight is 333 g/mol. The molecule has 0 unspecified atom stereocenters. The lowest BCUT2D eigenvalue weighted by atomic mass is 9.93.